The average molecular weight is 283 g/mol. The molecule has 0 aliphatic heterocycles. The van der Waals surface area contributed by atoms with E-state index in [1.807, 2.05) is 0 Å². The van der Waals surface area contributed by atoms with Crippen molar-refractivity contribution in [2.45, 2.75) is 77.2 Å². The summed E-state index contributed by atoms with van der Waals surface area (Å²) in [6.45, 7) is 7.10. The average Bonchev–Trinajstić information content (AvgIpc) is 2.41. The van der Waals surface area contributed by atoms with Crippen molar-refractivity contribution in [2.75, 3.05) is 0 Å². The SMILES string of the molecule is C=CC(=O)NC(C)(CCCCCCCCCC)C(=O)O. The number of hydrogen-bond acceptors (Lipinski definition) is 2. The largest absolute Gasteiger partial charge is 0.480 e. The van der Waals surface area contributed by atoms with Gasteiger partial charge in [-0.25, -0.2) is 4.79 Å². The minimum absolute atomic E-state index is 0.436. The van der Waals surface area contributed by atoms with Gasteiger partial charge in [0.05, 0.1) is 0 Å². The molecular formula is C16H29NO3. The van der Waals surface area contributed by atoms with Crippen molar-refractivity contribution in [3.63, 3.8) is 0 Å². The van der Waals surface area contributed by atoms with Crippen molar-refractivity contribution in [1.82, 2.24) is 5.32 Å². The highest BCUT2D eigenvalue weighted by Gasteiger charge is 2.33. The van der Waals surface area contributed by atoms with Gasteiger partial charge >= 0.3 is 5.97 Å². The normalized spacial score (nSPS) is 13.5. The Morgan fingerprint density at radius 2 is 1.60 bits per heavy atom. The molecule has 0 aromatic heterocycles. The van der Waals surface area contributed by atoms with E-state index in [1.54, 1.807) is 6.92 Å². The smallest absolute Gasteiger partial charge is 0.329 e. The van der Waals surface area contributed by atoms with Crippen LogP contribution in [-0.4, -0.2) is 22.5 Å². The fourth-order valence-corrected chi connectivity index (χ4v) is 2.16. The van der Waals surface area contributed by atoms with Crippen molar-refractivity contribution in [1.29, 1.82) is 0 Å². The van der Waals surface area contributed by atoms with E-state index >= 15 is 0 Å². The Kier molecular flexibility index (Phi) is 9.77. The van der Waals surface area contributed by atoms with Gasteiger partial charge in [0.1, 0.15) is 5.54 Å². The molecule has 4 nitrogen and oxygen atoms in total. The summed E-state index contributed by atoms with van der Waals surface area (Å²) in [5, 5.41) is 11.7. The van der Waals surface area contributed by atoms with E-state index in [1.165, 1.54) is 32.1 Å². The maximum Gasteiger partial charge on any atom is 0.329 e. The molecule has 0 saturated heterocycles. The lowest BCUT2D eigenvalue weighted by atomic mass is 9.93. The van der Waals surface area contributed by atoms with Crippen LogP contribution in [0.15, 0.2) is 12.7 Å². The first-order valence-electron chi connectivity index (χ1n) is 7.64. The van der Waals surface area contributed by atoms with Crippen LogP contribution < -0.4 is 5.32 Å². The zero-order valence-corrected chi connectivity index (χ0v) is 12.9. The molecule has 0 spiro atoms. The predicted molar refractivity (Wildman–Crippen MR) is 81.6 cm³/mol. The number of carboxylic acid groups (broad SMARTS) is 1. The molecule has 0 aliphatic carbocycles. The Morgan fingerprint density at radius 1 is 1.10 bits per heavy atom. The summed E-state index contributed by atoms with van der Waals surface area (Å²) in [6, 6.07) is 0. The molecule has 0 aromatic carbocycles. The van der Waals surface area contributed by atoms with E-state index in [0.717, 1.165) is 25.3 Å². The van der Waals surface area contributed by atoms with Gasteiger partial charge in [0.25, 0.3) is 0 Å². The zero-order valence-electron chi connectivity index (χ0n) is 12.9. The third-order valence-electron chi connectivity index (χ3n) is 3.59. The Balaban J connectivity index is 3.90. The van der Waals surface area contributed by atoms with Crippen LogP contribution in [0.5, 0.6) is 0 Å². The molecule has 0 aliphatic rings. The van der Waals surface area contributed by atoms with E-state index in [0.29, 0.717) is 6.42 Å². The second-order valence-electron chi connectivity index (χ2n) is 5.56. The topological polar surface area (TPSA) is 66.4 Å². The maximum atomic E-state index is 11.3. The van der Waals surface area contributed by atoms with Crippen LogP contribution in [0, 0.1) is 0 Å². The zero-order chi connectivity index (χ0) is 15.4. The molecule has 0 radical (unpaired) electrons. The van der Waals surface area contributed by atoms with Gasteiger partial charge in [-0.2, -0.15) is 0 Å². The van der Waals surface area contributed by atoms with Crippen LogP contribution in [0.25, 0.3) is 0 Å². The number of hydrogen-bond donors (Lipinski definition) is 2. The van der Waals surface area contributed by atoms with E-state index in [9.17, 15) is 14.7 Å². The van der Waals surface area contributed by atoms with Crippen molar-refractivity contribution in [3.05, 3.63) is 12.7 Å². The van der Waals surface area contributed by atoms with Crippen LogP contribution >= 0.6 is 0 Å². The minimum atomic E-state index is -1.19. The predicted octanol–water partition coefficient (Wildman–Crippen LogP) is 3.66. The van der Waals surface area contributed by atoms with Gasteiger partial charge in [0.2, 0.25) is 5.91 Å². The first-order valence-corrected chi connectivity index (χ1v) is 7.64. The number of rotatable bonds is 12. The summed E-state index contributed by atoms with van der Waals surface area (Å²) in [7, 11) is 0. The molecule has 20 heavy (non-hydrogen) atoms. The number of amides is 1. The first kappa shape index (κ1) is 18.7. The lowest BCUT2D eigenvalue weighted by Crippen LogP contribution is -2.51. The highest BCUT2D eigenvalue weighted by atomic mass is 16.4. The van der Waals surface area contributed by atoms with Gasteiger partial charge < -0.3 is 10.4 Å². The third-order valence-corrected chi connectivity index (χ3v) is 3.59. The number of carbonyl (C=O) groups excluding carboxylic acids is 1. The highest BCUT2D eigenvalue weighted by molar-refractivity contribution is 5.92. The molecule has 0 saturated carbocycles. The summed E-state index contributed by atoms with van der Waals surface area (Å²) in [5.74, 6) is -1.43. The van der Waals surface area contributed by atoms with Crippen molar-refractivity contribution < 1.29 is 14.7 Å². The maximum absolute atomic E-state index is 11.3. The van der Waals surface area contributed by atoms with Crippen LogP contribution in [0.2, 0.25) is 0 Å². The first-order chi connectivity index (χ1) is 9.46. The van der Waals surface area contributed by atoms with E-state index in [2.05, 4.69) is 18.8 Å². The quantitative estimate of drug-likeness (QED) is 0.424. The molecule has 0 aromatic rings. The van der Waals surface area contributed by atoms with Gasteiger partial charge in [-0.3, -0.25) is 4.79 Å². The fourth-order valence-electron chi connectivity index (χ4n) is 2.16. The van der Waals surface area contributed by atoms with Crippen molar-refractivity contribution in [3.8, 4) is 0 Å². The van der Waals surface area contributed by atoms with Gasteiger partial charge in [0, 0.05) is 0 Å². The molecule has 0 heterocycles. The molecule has 1 atom stereocenters. The number of carboxylic acids is 1. The number of unbranched alkanes of at least 4 members (excludes halogenated alkanes) is 7. The van der Waals surface area contributed by atoms with E-state index in [-0.39, 0.29) is 0 Å². The number of nitrogens with one attached hydrogen (secondary N) is 1. The van der Waals surface area contributed by atoms with Crippen LogP contribution in [0.3, 0.4) is 0 Å². The Bertz CT molecular complexity index is 315. The second kappa shape index (κ2) is 10.5. The molecule has 0 bridgehead atoms. The molecule has 2 N–H and O–H groups in total. The van der Waals surface area contributed by atoms with Gasteiger partial charge in [0.15, 0.2) is 0 Å². The lowest BCUT2D eigenvalue weighted by molar-refractivity contribution is -0.146. The third kappa shape index (κ3) is 7.97. The van der Waals surface area contributed by atoms with Gasteiger partial charge in [-0.15, -0.1) is 0 Å². The molecule has 0 rings (SSSR count). The summed E-state index contributed by atoms with van der Waals surface area (Å²) in [4.78, 5) is 22.5. The number of carbonyl (C=O) groups is 2. The molecule has 116 valence electrons. The fraction of sp³-hybridized carbons (Fsp3) is 0.750. The van der Waals surface area contributed by atoms with Gasteiger partial charge in [-0.1, -0.05) is 64.9 Å². The molecule has 1 amide bonds. The van der Waals surface area contributed by atoms with E-state index < -0.39 is 17.4 Å². The van der Waals surface area contributed by atoms with Crippen LogP contribution in [0.1, 0.15) is 71.6 Å². The monoisotopic (exact) mass is 283 g/mol. The molecule has 1 unspecified atom stereocenters. The van der Waals surface area contributed by atoms with Gasteiger partial charge in [-0.05, 0) is 19.4 Å². The second-order valence-corrected chi connectivity index (χ2v) is 5.56. The summed E-state index contributed by atoms with van der Waals surface area (Å²) < 4.78 is 0. The van der Waals surface area contributed by atoms with Crippen LogP contribution in [0.4, 0.5) is 0 Å². The molecule has 0 fully saturated rings. The Morgan fingerprint density at radius 3 is 2.05 bits per heavy atom. The molecule has 4 heteroatoms. The summed E-state index contributed by atoms with van der Waals surface area (Å²) in [6.07, 6.45) is 10.8. The van der Waals surface area contributed by atoms with Crippen molar-refractivity contribution >= 4 is 11.9 Å². The molecular weight excluding hydrogens is 254 g/mol. The van der Waals surface area contributed by atoms with E-state index in [4.69, 9.17) is 0 Å². The number of aliphatic carboxylic acids is 1. The summed E-state index contributed by atoms with van der Waals surface area (Å²) in [5.41, 5.74) is -1.19. The Labute approximate surface area is 122 Å². The van der Waals surface area contributed by atoms with Crippen molar-refractivity contribution in [2.24, 2.45) is 0 Å². The Hall–Kier alpha value is -1.32. The standard InChI is InChI=1S/C16H29NO3/c1-4-6-7-8-9-10-11-12-13-16(3,15(19)20)17-14(18)5-2/h5H,2,4,6-13H2,1,3H3,(H,17,18)(H,19,20). The van der Waals surface area contributed by atoms with Crippen LogP contribution in [-0.2, 0) is 9.59 Å². The minimum Gasteiger partial charge on any atom is -0.480 e. The summed E-state index contributed by atoms with van der Waals surface area (Å²) >= 11 is 0. The highest BCUT2D eigenvalue weighted by Crippen LogP contribution is 2.17. The lowest BCUT2D eigenvalue weighted by Gasteiger charge is -2.25.